The third-order valence-corrected chi connectivity index (χ3v) is 4.15. The van der Waals surface area contributed by atoms with E-state index in [-0.39, 0.29) is 23.8 Å². The molecule has 2 heterocycles. The van der Waals surface area contributed by atoms with Crippen LogP contribution < -0.4 is 5.32 Å². The van der Waals surface area contributed by atoms with Crippen LogP contribution in [-0.2, 0) is 16.1 Å². The molecule has 0 aromatic carbocycles. The van der Waals surface area contributed by atoms with Gasteiger partial charge in [0.15, 0.2) is 0 Å². The van der Waals surface area contributed by atoms with Crippen molar-refractivity contribution in [3.05, 3.63) is 16.6 Å². The minimum atomic E-state index is -0.414. The number of carbonyl (C=O) groups is 2. The average molecular weight is 281 g/mol. The summed E-state index contributed by atoms with van der Waals surface area (Å²) in [6.45, 7) is 6.28. The number of hydrogen-bond acceptors (Lipinski definition) is 4. The second-order valence-corrected chi connectivity index (χ2v) is 6.06. The van der Waals surface area contributed by atoms with E-state index in [1.165, 1.54) is 11.3 Å². The Morgan fingerprint density at radius 2 is 2.21 bits per heavy atom. The highest BCUT2D eigenvalue weighted by Crippen LogP contribution is 2.21. The highest BCUT2D eigenvalue weighted by molar-refractivity contribution is 7.09. The molecule has 5 nitrogen and oxygen atoms in total. The van der Waals surface area contributed by atoms with Crippen molar-refractivity contribution in [2.75, 3.05) is 0 Å². The zero-order valence-electron chi connectivity index (χ0n) is 11.4. The van der Waals surface area contributed by atoms with E-state index >= 15 is 0 Å². The highest BCUT2D eigenvalue weighted by Gasteiger charge is 2.40. The topological polar surface area (TPSA) is 62.3 Å². The number of carbonyl (C=O) groups excluding carboxylic acids is 2. The molecule has 2 unspecified atom stereocenters. The fourth-order valence-electron chi connectivity index (χ4n) is 2.32. The Hall–Kier alpha value is -1.43. The number of thiazole rings is 1. The molecule has 2 rings (SSSR count). The molecule has 2 amide bonds. The summed E-state index contributed by atoms with van der Waals surface area (Å²) in [6.07, 6.45) is 2.38. The smallest absolute Gasteiger partial charge is 0.246 e. The minimum absolute atomic E-state index is 0.00912. The average Bonchev–Trinajstić information content (AvgIpc) is 2.86. The van der Waals surface area contributed by atoms with Gasteiger partial charge in [0.05, 0.1) is 12.1 Å². The van der Waals surface area contributed by atoms with Crippen LogP contribution in [0.15, 0.2) is 11.7 Å². The molecule has 1 N–H and O–H groups in total. The lowest BCUT2D eigenvalue weighted by Crippen LogP contribution is -2.64. The predicted molar refractivity (Wildman–Crippen MR) is 73.5 cm³/mol. The van der Waals surface area contributed by atoms with Gasteiger partial charge in [0, 0.05) is 11.1 Å². The molecule has 104 valence electrons. The van der Waals surface area contributed by atoms with E-state index in [4.69, 9.17) is 0 Å². The summed E-state index contributed by atoms with van der Waals surface area (Å²) in [5.74, 6) is 0.0541. The second kappa shape index (κ2) is 5.69. The lowest BCUT2D eigenvalue weighted by atomic mass is 9.97. The normalized spacial score (nSPS) is 23.9. The van der Waals surface area contributed by atoms with Gasteiger partial charge in [-0.1, -0.05) is 20.8 Å². The first kappa shape index (κ1) is 14.0. The van der Waals surface area contributed by atoms with Gasteiger partial charge >= 0.3 is 0 Å². The van der Waals surface area contributed by atoms with Gasteiger partial charge in [-0.25, -0.2) is 0 Å². The molecular formula is C13H19N3O2S. The number of aromatic nitrogens is 1. The van der Waals surface area contributed by atoms with Gasteiger partial charge in [0.2, 0.25) is 11.8 Å². The number of piperazine rings is 1. The number of nitrogens with zero attached hydrogens (tertiary/aromatic N) is 2. The van der Waals surface area contributed by atoms with Crippen molar-refractivity contribution in [2.24, 2.45) is 5.92 Å². The maximum atomic E-state index is 12.5. The maximum absolute atomic E-state index is 12.5. The molecule has 1 aliphatic heterocycles. The quantitative estimate of drug-likeness (QED) is 0.907. The van der Waals surface area contributed by atoms with Gasteiger partial charge in [-0.05, 0) is 12.3 Å². The van der Waals surface area contributed by atoms with E-state index < -0.39 is 6.04 Å². The Kier molecular flexibility index (Phi) is 4.19. The van der Waals surface area contributed by atoms with Crippen LogP contribution in [0, 0.1) is 5.92 Å². The molecule has 0 radical (unpaired) electrons. The molecule has 1 aromatic rings. The van der Waals surface area contributed by atoms with Gasteiger partial charge < -0.3 is 10.2 Å². The molecule has 1 fully saturated rings. The highest BCUT2D eigenvalue weighted by atomic mass is 32.1. The standard InChI is InChI=1S/C13H19N3O2S/c1-4-10-12(17)15-11(8(2)3)13(18)16(10)6-9-5-14-7-19-9/h5,7-8,10-11H,4,6H2,1-3H3,(H,15,17). The molecule has 0 spiro atoms. The SMILES string of the molecule is CCC1C(=O)NC(C(C)C)C(=O)N1Cc1cncs1. The number of rotatable bonds is 4. The van der Waals surface area contributed by atoms with Gasteiger partial charge in [0.25, 0.3) is 0 Å². The van der Waals surface area contributed by atoms with Crippen LogP contribution in [0.5, 0.6) is 0 Å². The van der Waals surface area contributed by atoms with E-state index in [9.17, 15) is 9.59 Å². The monoisotopic (exact) mass is 281 g/mol. The van der Waals surface area contributed by atoms with Crippen molar-refractivity contribution < 1.29 is 9.59 Å². The molecular weight excluding hydrogens is 262 g/mol. The molecule has 0 bridgehead atoms. The van der Waals surface area contributed by atoms with Crippen LogP contribution >= 0.6 is 11.3 Å². The van der Waals surface area contributed by atoms with Crippen molar-refractivity contribution >= 4 is 23.2 Å². The molecule has 0 saturated carbocycles. The summed E-state index contributed by atoms with van der Waals surface area (Å²) in [4.78, 5) is 31.3. The third kappa shape index (κ3) is 2.78. The van der Waals surface area contributed by atoms with Crippen molar-refractivity contribution in [1.82, 2.24) is 15.2 Å². The van der Waals surface area contributed by atoms with Gasteiger partial charge in [-0.3, -0.25) is 14.6 Å². The molecule has 1 aromatic heterocycles. The van der Waals surface area contributed by atoms with Gasteiger partial charge in [-0.15, -0.1) is 11.3 Å². The Labute approximate surface area is 117 Å². The van der Waals surface area contributed by atoms with Crippen molar-refractivity contribution in [2.45, 2.75) is 45.8 Å². The fraction of sp³-hybridized carbons (Fsp3) is 0.615. The summed E-state index contributed by atoms with van der Waals surface area (Å²) < 4.78 is 0. The second-order valence-electron chi connectivity index (χ2n) is 5.09. The van der Waals surface area contributed by atoms with Crippen LogP contribution in [0.2, 0.25) is 0 Å². The molecule has 2 atom stereocenters. The zero-order valence-corrected chi connectivity index (χ0v) is 12.2. The van der Waals surface area contributed by atoms with Crippen LogP contribution in [0.3, 0.4) is 0 Å². The first-order valence-electron chi connectivity index (χ1n) is 6.52. The van der Waals surface area contributed by atoms with Crippen LogP contribution in [0.4, 0.5) is 0 Å². The lowest BCUT2D eigenvalue weighted by Gasteiger charge is -2.39. The Morgan fingerprint density at radius 1 is 1.47 bits per heavy atom. The fourth-order valence-corrected chi connectivity index (χ4v) is 2.91. The van der Waals surface area contributed by atoms with E-state index in [1.54, 1.807) is 16.6 Å². The van der Waals surface area contributed by atoms with Gasteiger partial charge in [-0.2, -0.15) is 0 Å². The number of amides is 2. The summed E-state index contributed by atoms with van der Waals surface area (Å²) in [5.41, 5.74) is 1.74. The molecule has 0 aliphatic carbocycles. The summed E-state index contributed by atoms with van der Waals surface area (Å²) in [5, 5.41) is 2.83. The first-order chi connectivity index (χ1) is 9.04. The first-order valence-corrected chi connectivity index (χ1v) is 7.40. The molecule has 19 heavy (non-hydrogen) atoms. The van der Waals surface area contributed by atoms with E-state index in [1.807, 2.05) is 20.8 Å². The Morgan fingerprint density at radius 3 is 2.74 bits per heavy atom. The van der Waals surface area contributed by atoms with E-state index in [2.05, 4.69) is 10.3 Å². The Bertz CT molecular complexity index is 458. The van der Waals surface area contributed by atoms with Crippen LogP contribution in [0.1, 0.15) is 32.1 Å². The van der Waals surface area contributed by atoms with Crippen molar-refractivity contribution in [3.8, 4) is 0 Å². The number of hydrogen-bond donors (Lipinski definition) is 1. The van der Waals surface area contributed by atoms with Crippen molar-refractivity contribution in [1.29, 1.82) is 0 Å². The van der Waals surface area contributed by atoms with Gasteiger partial charge in [0.1, 0.15) is 12.1 Å². The van der Waals surface area contributed by atoms with Crippen LogP contribution in [0.25, 0.3) is 0 Å². The summed E-state index contributed by atoms with van der Waals surface area (Å²) in [7, 11) is 0. The summed E-state index contributed by atoms with van der Waals surface area (Å²) >= 11 is 1.51. The molecule has 1 saturated heterocycles. The third-order valence-electron chi connectivity index (χ3n) is 3.39. The predicted octanol–water partition coefficient (Wildman–Crippen LogP) is 1.40. The Balaban J connectivity index is 2.23. The largest absolute Gasteiger partial charge is 0.342 e. The maximum Gasteiger partial charge on any atom is 0.246 e. The summed E-state index contributed by atoms with van der Waals surface area (Å²) in [6, 6.07) is -0.784. The molecule has 6 heteroatoms. The zero-order chi connectivity index (χ0) is 14.0. The van der Waals surface area contributed by atoms with E-state index in [0.29, 0.717) is 13.0 Å². The van der Waals surface area contributed by atoms with Crippen LogP contribution in [-0.4, -0.2) is 33.8 Å². The molecule has 1 aliphatic rings. The number of nitrogens with one attached hydrogen (secondary N) is 1. The minimum Gasteiger partial charge on any atom is -0.342 e. The van der Waals surface area contributed by atoms with E-state index in [0.717, 1.165) is 4.88 Å². The van der Waals surface area contributed by atoms with Crippen molar-refractivity contribution in [3.63, 3.8) is 0 Å². The lowest BCUT2D eigenvalue weighted by molar-refractivity contribution is -0.151.